The molecule has 2 nitrogen and oxygen atoms in total. The van der Waals surface area contributed by atoms with Crippen molar-refractivity contribution in [2.24, 2.45) is 17.1 Å². The van der Waals surface area contributed by atoms with Gasteiger partial charge in [-0.2, -0.15) is 0 Å². The fourth-order valence-electron chi connectivity index (χ4n) is 2.80. The van der Waals surface area contributed by atoms with Crippen molar-refractivity contribution in [3.63, 3.8) is 0 Å². The van der Waals surface area contributed by atoms with E-state index in [0.29, 0.717) is 17.4 Å². The lowest BCUT2D eigenvalue weighted by molar-refractivity contribution is 0.157. The van der Waals surface area contributed by atoms with E-state index in [4.69, 9.17) is 5.73 Å². The minimum Gasteiger partial charge on any atom is -0.327 e. The van der Waals surface area contributed by atoms with Gasteiger partial charge < -0.3 is 5.73 Å². The maximum absolute atomic E-state index is 6.23. The van der Waals surface area contributed by atoms with Crippen molar-refractivity contribution < 1.29 is 0 Å². The molecule has 0 aliphatic heterocycles. The second kappa shape index (κ2) is 4.54. The fraction of sp³-hybridized carbons (Fsp3) is 0.643. The van der Waals surface area contributed by atoms with Gasteiger partial charge in [0, 0.05) is 18.4 Å². The summed E-state index contributed by atoms with van der Waals surface area (Å²) >= 11 is 0. The summed E-state index contributed by atoms with van der Waals surface area (Å²) in [6.07, 6.45) is 8.54. The predicted octanol–water partition coefficient (Wildman–Crippen LogP) is 2.78. The van der Waals surface area contributed by atoms with Crippen LogP contribution in [0.4, 0.5) is 0 Å². The third-order valence-electron chi connectivity index (χ3n) is 3.80. The average molecular weight is 218 g/mol. The van der Waals surface area contributed by atoms with Gasteiger partial charge in [0.05, 0.1) is 0 Å². The Balaban J connectivity index is 2.03. The number of nitrogens with zero attached hydrogens (tertiary/aromatic N) is 1. The molecule has 1 saturated carbocycles. The highest BCUT2D eigenvalue weighted by Gasteiger charge is 2.32. The summed E-state index contributed by atoms with van der Waals surface area (Å²) in [7, 11) is 0. The Bertz CT molecular complexity index is 332. The van der Waals surface area contributed by atoms with Gasteiger partial charge in [-0.15, -0.1) is 0 Å². The van der Waals surface area contributed by atoms with Crippen LogP contribution in [-0.4, -0.2) is 11.0 Å². The quantitative estimate of drug-likeness (QED) is 0.829. The van der Waals surface area contributed by atoms with Gasteiger partial charge in [-0.1, -0.05) is 19.9 Å². The van der Waals surface area contributed by atoms with Gasteiger partial charge in [-0.25, -0.2) is 0 Å². The molecule has 0 aromatic carbocycles. The standard InChI is InChI=1S/C14H22N2/c1-14(2)6-5-13(15)12(9-14)8-11-4-3-7-16-10-11/h3-4,7,10,12-13H,5-6,8-9,15H2,1-2H3. The highest BCUT2D eigenvalue weighted by molar-refractivity contribution is 5.10. The number of aromatic nitrogens is 1. The lowest BCUT2D eigenvalue weighted by Crippen LogP contribution is -2.40. The summed E-state index contributed by atoms with van der Waals surface area (Å²) in [4.78, 5) is 4.17. The molecule has 16 heavy (non-hydrogen) atoms. The van der Waals surface area contributed by atoms with Crippen LogP contribution in [0.3, 0.4) is 0 Å². The van der Waals surface area contributed by atoms with Gasteiger partial charge in [-0.05, 0) is 48.6 Å². The molecule has 0 saturated heterocycles. The van der Waals surface area contributed by atoms with Gasteiger partial charge >= 0.3 is 0 Å². The van der Waals surface area contributed by atoms with Crippen LogP contribution in [0.1, 0.15) is 38.7 Å². The molecule has 2 unspecified atom stereocenters. The molecular weight excluding hydrogens is 196 g/mol. The molecule has 2 rings (SSSR count). The maximum Gasteiger partial charge on any atom is 0.0299 e. The summed E-state index contributed by atoms with van der Waals surface area (Å²) in [5, 5.41) is 0. The van der Waals surface area contributed by atoms with Gasteiger partial charge in [0.25, 0.3) is 0 Å². The van der Waals surface area contributed by atoms with E-state index in [1.165, 1.54) is 18.4 Å². The van der Waals surface area contributed by atoms with Crippen LogP contribution < -0.4 is 5.73 Å². The SMILES string of the molecule is CC1(C)CCC(N)C(Cc2cccnc2)C1. The van der Waals surface area contributed by atoms with Crippen molar-refractivity contribution in [3.05, 3.63) is 30.1 Å². The molecule has 1 fully saturated rings. The smallest absolute Gasteiger partial charge is 0.0299 e. The Labute approximate surface area is 98.3 Å². The molecule has 1 aliphatic rings. The first-order chi connectivity index (χ1) is 7.57. The fourth-order valence-corrected chi connectivity index (χ4v) is 2.80. The zero-order valence-electron chi connectivity index (χ0n) is 10.3. The van der Waals surface area contributed by atoms with Gasteiger partial charge in [0.15, 0.2) is 0 Å². The molecule has 1 aromatic rings. The first-order valence-electron chi connectivity index (χ1n) is 6.21. The second-order valence-electron chi connectivity index (χ2n) is 5.90. The van der Waals surface area contributed by atoms with Crippen LogP contribution in [-0.2, 0) is 6.42 Å². The van der Waals surface area contributed by atoms with E-state index in [1.807, 2.05) is 18.5 Å². The second-order valence-corrected chi connectivity index (χ2v) is 5.90. The van der Waals surface area contributed by atoms with Crippen LogP contribution in [0.2, 0.25) is 0 Å². The van der Waals surface area contributed by atoms with Crippen molar-refractivity contribution in [1.29, 1.82) is 0 Å². The number of nitrogens with two attached hydrogens (primary N) is 1. The van der Waals surface area contributed by atoms with E-state index in [9.17, 15) is 0 Å². The zero-order valence-corrected chi connectivity index (χ0v) is 10.3. The van der Waals surface area contributed by atoms with E-state index in [2.05, 4.69) is 24.9 Å². The molecular formula is C14H22N2. The largest absolute Gasteiger partial charge is 0.327 e. The highest BCUT2D eigenvalue weighted by atomic mass is 14.7. The third kappa shape index (κ3) is 2.82. The van der Waals surface area contributed by atoms with E-state index < -0.39 is 0 Å². The van der Waals surface area contributed by atoms with Crippen molar-refractivity contribution in [2.45, 2.75) is 45.6 Å². The number of pyridine rings is 1. The Morgan fingerprint density at radius 2 is 2.31 bits per heavy atom. The summed E-state index contributed by atoms with van der Waals surface area (Å²) in [5.74, 6) is 0.618. The Morgan fingerprint density at radius 3 is 3.00 bits per heavy atom. The summed E-state index contributed by atoms with van der Waals surface area (Å²) in [5.41, 5.74) is 8.01. The average Bonchev–Trinajstić information content (AvgIpc) is 2.25. The van der Waals surface area contributed by atoms with E-state index in [-0.39, 0.29) is 0 Å². The minimum atomic E-state index is 0.369. The Kier molecular flexibility index (Phi) is 3.29. The zero-order chi connectivity index (χ0) is 11.6. The van der Waals surface area contributed by atoms with Gasteiger partial charge in [0.2, 0.25) is 0 Å². The third-order valence-corrected chi connectivity index (χ3v) is 3.80. The van der Waals surface area contributed by atoms with Gasteiger partial charge in [-0.3, -0.25) is 4.98 Å². The molecule has 2 atom stereocenters. The number of hydrogen-bond donors (Lipinski definition) is 1. The molecule has 1 aliphatic carbocycles. The summed E-state index contributed by atoms with van der Waals surface area (Å²) in [6.45, 7) is 4.71. The molecule has 0 bridgehead atoms. The summed E-state index contributed by atoms with van der Waals surface area (Å²) < 4.78 is 0. The first kappa shape index (κ1) is 11.6. The first-order valence-corrected chi connectivity index (χ1v) is 6.21. The van der Waals surface area contributed by atoms with Crippen molar-refractivity contribution in [1.82, 2.24) is 4.98 Å². The van der Waals surface area contributed by atoms with Crippen LogP contribution >= 0.6 is 0 Å². The molecule has 2 heteroatoms. The molecule has 0 spiro atoms. The normalized spacial score (nSPS) is 28.9. The van der Waals surface area contributed by atoms with E-state index >= 15 is 0 Å². The lowest BCUT2D eigenvalue weighted by atomic mass is 9.68. The molecule has 0 radical (unpaired) electrons. The molecule has 1 heterocycles. The summed E-state index contributed by atoms with van der Waals surface area (Å²) in [6, 6.07) is 4.53. The number of hydrogen-bond acceptors (Lipinski definition) is 2. The monoisotopic (exact) mass is 218 g/mol. The Morgan fingerprint density at radius 1 is 1.50 bits per heavy atom. The maximum atomic E-state index is 6.23. The van der Waals surface area contributed by atoms with Crippen LogP contribution in [0.15, 0.2) is 24.5 Å². The lowest BCUT2D eigenvalue weighted by Gasteiger charge is -2.39. The van der Waals surface area contributed by atoms with Gasteiger partial charge in [0.1, 0.15) is 0 Å². The predicted molar refractivity (Wildman–Crippen MR) is 67.0 cm³/mol. The molecule has 2 N–H and O–H groups in total. The topological polar surface area (TPSA) is 38.9 Å². The molecule has 0 amide bonds. The van der Waals surface area contributed by atoms with Crippen molar-refractivity contribution >= 4 is 0 Å². The Hall–Kier alpha value is -0.890. The van der Waals surface area contributed by atoms with Crippen LogP contribution in [0.25, 0.3) is 0 Å². The van der Waals surface area contributed by atoms with Crippen LogP contribution in [0.5, 0.6) is 0 Å². The highest BCUT2D eigenvalue weighted by Crippen LogP contribution is 2.39. The molecule has 1 aromatic heterocycles. The molecule has 88 valence electrons. The van der Waals surface area contributed by atoms with E-state index in [0.717, 1.165) is 12.8 Å². The van der Waals surface area contributed by atoms with E-state index in [1.54, 1.807) is 0 Å². The van der Waals surface area contributed by atoms with Crippen molar-refractivity contribution in [3.8, 4) is 0 Å². The minimum absolute atomic E-state index is 0.369. The van der Waals surface area contributed by atoms with Crippen molar-refractivity contribution in [2.75, 3.05) is 0 Å². The van der Waals surface area contributed by atoms with Crippen LogP contribution in [0, 0.1) is 11.3 Å². The number of rotatable bonds is 2.